The number of nitrogens with zero attached hydrogens (tertiary/aromatic N) is 1. The van der Waals surface area contributed by atoms with Gasteiger partial charge in [0.15, 0.2) is 0 Å². The van der Waals surface area contributed by atoms with Crippen molar-refractivity contribution in [3.63, 3.8) is 0 Å². The van der Waals surface area contributed by atoms with Crippen molar-refractivity contribution in [2.75, 3.05) is 26.7 Å². The number of halogens is 1. The highest BCUT2D eigenvalue weighted by Crippen LogP contribution is 2.11. The fraction of sp³-hybridized carbons (Fsp3) is 0.562. The van der Waals surface area contributed by atoms with Crippen LogP contribution in [0.4, 0.5) is 4.39 Å². The standard InChI is InChI=1S/C16H25FN2O2/c1-5-19(6-2)11-12(3)18-10-13-7-8-14(15(17)9-13)16(20)21-4/h7-9,12,18H,5-6,10-11H2,1-4H3. The zero-order valence-electron chi connectivity index (χ0n) is 13.3. The van der Waals surface area contributed by atoms with Gasteiger partial charge in [-0.2, -0.15) is 0 Å². The zero-order chi connectivity index (χ0) is 15.8. The number of hydrogen-bond acceptors (Lipinski definition) is 4. The van der Waals surface area contributed by atoms with Crippen LogP contribution < -0.4 is 5.32 Å². The van der Waals surface area contributed by atoms with Gasteiger partial charge in [0, 0.05) is 19.1 Å². The van der Waals surface area contributed by atoms with E-state index in [1.165, 1.54) is 19.2 Å². The average Bonchev–Trinajstić information content (AvgIpc) is 2.49. The number of methoxy groups -OCH3 is 1. The molecular formula is C16H25FN2O2. The molecule has 0 radical (unpaired) electrons. The number of hydrogen-bond donors (Lipinski definition) is 1. The van der Waals surface area contributed by atoms with Crippen molar-refractivity contribution < 1.29 is 13.9 Å². The fourth-order valence-corrected chi connectivity index (χ4v) is 2.17. The number of benzene rings is 1. The summed E-state index contributed by atoms with van der Waals surface area (Å²) in [4.78, 5) is 13.6. The van der Waals surface area contributed by atoms with Gasteiger partial charge in [0.05, 0.1) is 12.7 Å². The second kappa shape index (κ2) is 8.74. The fourth-order valence-electron chi connectivity index (χ4n) is 2.17. The van der Waals surface area contributed by atoms with Crippen molar-refractivity contribution in [1.82, 2.24) is 10.2 Å². The van der Waals surface area contributed by atoms with Crippen molar-refractivity contribution in [2.24, 2.45) is 0 Å². The van der Waals surface area contributed by atoms with E-state index >= 15 is 0 Å². The molecule has 4 nitrogen and oxygen atoms in total. The quantitative estimate of drug-likeness (QED) is 0.748. The summed E-state index contributed by atoms with van der Waals surface area (Å²) in [5.41, 5.74) is 0.781. The first-order chi connectivity index (χ1) is 10.0. The highest BCUT2D eigenvalue weighted by atomic mass is 19.1. The van der Waals surface area contributed by atoms with E-state index < -0.39 is 11.8 Å². The highest BCUT2D eigenvalue weighted by Gasteiger charge is 2.13. The molecule has 0 aromatic heterocycles. The average molecular weight is 296 g/mol. The van der Waals surface area contributed by atoms with Crippen molar-refractivity contribution in [2.45, 2.75) is 33.4 Å². The molecule has 1 unspecified atom stereocenters. The van der Waals surface area contributed by atoms with E-state index in [2.05, 4.69) is 35.7 Å². The van der Waals surface area contributed by atoms with Crippen LogP contribution in [0.5, 0.6) is 0 Å². The van der Waals surface area contributed by atoms with Crippen LogP contribution in [0.1, 0.15) is 36.7 Å². The van der Waals surface area contributed by atoms with Crippen molar-refractivity contribution in [3.8, 4) is 0 Å². The van der Waals surface area contributed by atoms with E-state index in [1.54, 1.807) is 6.07 Å². The summed E-state index contributed by atoms with van der Waals surface area (Å²) in [6, 6.07) is 4.90. The predicted octanol–water partition coefficient (Wildman–Crippen LogP) is 2.43. The molecule has 1 rings (SSSR count). The monoisotopic (exact) mass is 296 g/mol. The SMILES string of the molecule is CCN(CC)CC(C)NCc1ccc(C(=O)OC)c(F)c1. The second-order valence-corrected chi connectivity index (χ2v) is 5.07. The lowest BCUT2D eigenvalue weighted by molar-refractivity contribution is 0.0595. The van der Waals surface area contributed by atoms with Gasteiger partial charge < -0.3 is 15.0 Å². The number of nitrogens with one attached hydrogen (secondary N) is 1. The highest BCUT2D eigenvalue weighted by molar-refractivity contribution is 5.89. The minimum Gasteiger partial charge on any atom is -0.465 e. The molecule has 0 saturated carbocycles. The Kier molecular flexibility index (Phi) is 7.32. The van der Waals surface area contributed by atoms with Gasteiger partial charge in [-0.05, 0) is 37.7 Å². The van der Waals surface area contributed by atoms with Gasteiger partial charge in [-0.15, -0.1) is 0 Å². The summed E-state index contributed by atoms with van der Waals surface area (Å²) in [6.45, 7) is 9.94. The number of carbonyl (C=O) groups excluding carboxylic acids is 1. The van der Waals surface area contributed by atoms with Gasteiger partial charge in [-0.3, -0.25) is 0 Å². The Balaban J connectivity index is 2.56. The van der Waals surface area contributed by atoms with Crippen LogP contribution in [0.25, 0.3) is 0 Å². The van der Waals surface area contributed by atoms with Crippen LogP contribution >= 0.6 is 0 Å². The maximum absolute atomic E-state index is 13.8. The van der Waals surface area contributed by atoms with Crippen molar-refractivity contribution in [3.05, 3.63) is 35.1 Å². The summed E-state index contributed by atoms with van der Waals surface area (Å²) in [5, 5.41) is 3.36. The molecule has 0 amide bonds. The second-order valence-electron chi connectivity index (χ2n) is 5.07. The van der Waals surface area contributed by atoms with E-state index in [9.17, 15) is 9.18 Å². The Morgan fingerprint density at radius 3 is 2.57 bits per heavy atom. The Labute approximate surface area is 126 Å². The molecule has 118 valence electrons. The van der Waals surface area contributed by atoms with Gasteiger partial charge >= 0.3 is 5.97 Å². The molecular weight excluding hydrogens is 271 g/mol. The van der Waals surface area contributed by atoms with Crippen LogP contribution in [0.3, 0.4) is 0 Å². The molecule has 0 heterocycles. The van der Waals surface area contributed by atoms with Crippen LogP contribution in [-0.2, 0) is 11.3 Å². The van der Waals surface area contributed by atoms with Gasteiger partial charge in [-0.1, -0.05) is 19.9 Å². The molecule has 21 heavy (non-hydrogen) atoms. The molecule has 1 aromatic carbocycles. The predicted molar refractivity (Wildman–Crippen MR) is 81.8 cm³/mol. The number of likely N-dealkylation sites (N-methyl/N-ethyl adjacent to an activating group) is 1. The largest absolute Gasteiger partial charge is 0.465 e. The van der Waals surface area contributed by atoms with Gasteiger partial charge in [0.25, 0.3) is 0 Å². The summed E-state index contributed by atoms with van der Waals surface area (Å²) in [7, 11) is 1.24. The van der Waals surface area contributed by atoms with Crippen molar-refractivity contribution >= 4 is 5.97 Å². The molecule has 5 heteroatoms. The summed E-state index contributed by atoms with van der Waals surface area (Å²) >= 11 is 0. The zero-order valence-corrected chi connectivity index (χ0v) is 13.3. The van der Waals surface area contributed by atoms with Crippen LogP contribution in [0, 0.1) is 5.82 Å². The Hall–Kier alpha value is -1.46. The van der Waals surface area contributed by atoms with Gasteiger partial charge in [0.2, 0.25) is 0 Å². The third kappa shape index (κ3) is 5.44. The van der Waals surface area contributed by atoms with Crippen LogP contribution in [0.2, 0.25) is 0 Å². The first-order valence-corrected chi connectivity index (χ1v) is 7.34. The maximum Gasteiger partial charge on any atom is 0.340 e. The molecule has 0 spiro atoms. The number of carbonyl (C=O) groups is 1. The van der Waals surface area contributed by atoms with Crippen molar-refractivity contribution in [1.29, 1.82) is 0 Å². The third-order valence-electron chi connectivity index (χ3n) is 3.52. The molecule has 0 fully saturated rings. The van der Waals surface area contributed by atoms with E-state index in [-0.39, 0.29) is 5.56 Å². The number of esters is 1. The molecule has 0 bridgehead atoms. The van der Waals surface area contributed by atoms with Gasteiger partial charge in [-0.25, -0.2) is 9.18 Å². The van der Waals surface area contributed by atoms with E-state index in [4.69, 9.17) is 0 Å². The third-order valence-corrected chi connectivity index (χ3v) is 3.52. The Morgan fingerprint density at radius 1 is 1.38 bits per heavy atom. The maximum atomic E-state index is 13.8. The first-order valence-electron chi connectivity index (χ1n) is 7.34. The van der Waals surface area contributed by atoms with E-state index in [0.29, 0.717) is 12.6 Å². The lowest BCUT2D eigenvalue weighted by atomic mass is 10.1. The van der Waals surface area contributed by atoms with E-state index in [0.717, 1.165) is 25.2 Å². The van der Waals surface area contributed by atoms with Crippen LogP contribution in [0.15, 0.2) is 18.2 Å². The molecule has 1 atom stereocenters. The Morgan fingerprint density at radius 2 is 2.05 bits per heavy atom. The lowest BCUT2D eigenvalue weighted by Crippen LogP contribution is -2.38. The molecule has 0 aliphatic carbocycles. The van der Waals surface area contributed by atoms with Gasteiger partial charge in [0.1, 0.15) is 5.82 Å². The Bertz CT molecular complexity index is 462. The molecule has 0 aliphatic heterocycles. The molecule has 0 saturated heterocycles. The van der Waals surface area contributed by atoms with Crippen LogP contribution in [-0.4, -0.2) is 43.7 Å². The summed E-state index contributed by atoms with van der Waals surface area (Å²) in [6.07, 6.45) is 0. The topological polar surface area (TPSA) is 41.6 Å². The van der Waals surface area contributed by atoms with E-state index in [1.807, 2.05) is 0 Å². The summed E-state index contributed by atoms with van der Waals surface area (Å²) < 4.78 is 18.3. The minimum absolute atomic E-state index is 0.0301. The normalized spacial score (nSPS) is 12.5. The summed E-state index contributed by atoms with van der Waals surface area (Å²) in [5.74, 6) is -1.19. The first kappa shape index (κ1) is 17.6. The number of ether oxygens (including phenoxy) is 1. The molecule has 1 aromatic rings. The number of rotatable bonds is 8. The molecule has 1 N–H and O–H groups in total. The minimum atomic E-state index is -0.651. The lowest BCUT2D eigenvalue weighted by Gasteiger charge is -2.23. The molecule has 0 aliphatic rings. The smallest absolute Gasteiger partial charge is 0.340 e.